The highest BCUT2D eigenvalue weighted by molar-refractivity contribution is 6.09. The summed E-state index contributed by atoms with van der Waals surface area (Å²) < 4.78 is 9.92. The Morgan fingerprint density at radius 3 is 1.09 bits per heavy atom. The second kappa shape index (κ2) is 18.0. The molecule has 1 aromatic heterocycles. The molecule has 0 unspecified atom stereocenters. The number of hydrogen-bond acceptors (Lipinski definition) is 2. The van der Waals surface area contributed by atoms with Crippen LogP contribution in [0.2, 0.25) is 0 Å². The number of nitrogens with zero attached hydrogens (tertiary/aromatic N) is 2. The van der Waals surface area contributed by atoms with Crippen LogP contribution in [0.15, 0.2) is 231 Å². The predicted molar refractivity (Wildman–Crippen MR) is 313 cm³/mol. The summed E-state index contributed by atoms with van der Waals surface area (Å²) in [4.78, 5) is 2.36. The molecule has 0 aliphatic carbocycles. The Balaban J connectivity index is 0.969. The molecule has 0 radical (unpaired) electrons. The largest absolute Gasteiger partial charge is 0.455 e. The third kappa shape index (κ3) is 8.27. The Labute approximate surface area is 437 Å². The van der Waals surface area contributed by atoms with Gasteiger partial charge in [-0.15, -0.1) is 0 Å². The lowest BCUT2D eigenvalue weighted by Gasteiger charge is -2.39. The van der Waals surface area contributed by atoms with E-state index in [2.05, 4.69) is 295 Å². The van der Waals surface area contributed by atoms with Gasteiger partial charge in [0.05, 0.1) is 11.0 Å². The molecule has 3 nitrogen and oxygen atoms in total. The number of hydrogen-bond donors (Lipinski definition) is 0. The molecule has 0 bridgehead atoms. The van der Waals surface area contributed by atoms with E-state index in [0.717, 1.165) is 56.5 Å². The van der Waals surface area contributed by atoms with Crippen molar-refractivity contribution in [2.45, 2.75) is 71.6 Å². The zero-order chi connectivity index (χ0) is 50.9. The molecule has 0 N–H and O–H groups in total. The van der Waals surface area contributed by atoms with E-state index >= 15 is 0 Å². The van der Waals surface area contributed by atoms with Crippen LogP contribution >= 0.6 is 0 Å². The van der Waals surface area contributed by atoms with Crippen LogP contribution in [-0.4, -0.2) is 4.57 Å². The molecule has 10 aromatic carbocycles. The number of aromatic nitrogens is 1. The summed E-state index contributed by atoms with van der Waals surface area (Å²) in [6.45, 7) is 18.7. The third-order valence-corrected chi connectivity index (χ3v) is 15.4. The quantitative estimate of drug-likeness (QED) is 0.151. The zero-order valence-electron chi connectivity index (χ0n) is 43.7. The highest BCUT2D eigenvalue weighted by Crippen LogP contribution is 2.56. The number of benzene rings is 10. The van der Waals surface area contributed by atoms with Gasteiger partial charge in [-0.1, -0.05) is 213 Å². The highest BCUT2D eigenvalue weighted by atomic mass is 16.5. The van der Waals surface area contributed by atoms with Crippen LogP contribution in [0.1, 0.15) is 77.6 Å². The van der Waals surface area contributed by atoms with E-state index < -0.39 is 0 Å². The van der Waals surface area contributed by atoms with Gasteiger partial charge in [0.1, 0.15) is 11.5 Å². The van der Waals surface area contributed by atoms with Gasteiger partial charge in [-0.05, 0) is 128 Å². The average molecular weight is 959 g/mol. The number of para-hydroxylation sites is 2. The van der Waals surface area contributed by atoms with Gasteiger partial charge in [-0.25, -0.2) is 0 Å². The van der Waals surface area contributed by atoms with Gasteiger partial charge in [-0.3, -0.25) is 0 Å². The molecule has 12 rings (SSSR count). The van der Waals surface area contributed by atoms with Gasteiger partial charge >= 0.3 is 0 Å². The van der Waals surface area contributed by atoms with Crippen LogP contribution in [0.4, 0.5) is 17.1 Å². The van der Waals surface area contributed by atoms with E-state index in [1.54, 1.807) is 0 Å². The Morgan fingerprint density at radius 2 is 0.703 bits per heavy atom. The molecule has 0 saturated carbocycles. The molecule has 1 aliphatic heterocycles. The smallest absolute Gasteiger partial charge is 0.139 e. The molecule has 3 heteroatoms. The summed E-state index contributed by atoms with van der Waals surface area (Å²) in [5.41, 5.74) is 20.4. The van der Waals surface area contributed by atoms with Gasteiger partial charge in [0, 0.05) is 61.2 Å². The first-order valence-corrected chi connectivity index (χ1v) is 26.1. The van der Waals surface area contributed by atoms with Gasteiger partial charge in [0.2, 0.25) is 0 Å². The summed E-state index contributed by atoms with van der Waals surface area (Å²) in [6, 6.07) is 84.2. The Morgan fingerprint density at radius 1 is 0.365 bits per heavy atom. The first-order chi connectivity index (χ1) is 35.7. The fraction of sp³-hybridized carbons (Fsp3) is 0.155. The maximum atomic E-state index is 7.53. The van der Waals surface area contributed by atoms with Crippen molar-refractivity contribution in [3.05, 3.63) is 253 Å². The molecule has 0 saturated heterocycles. The Hall–Kier alpha value is -8.40. The third-order valence-electron chi connectivity index (χ3n) is 15.4. The van der Waals surface area contributed by atoms with Crippen LogP contribution in [0.5, 0.6) is 11.5 Å². The molecule has 362 valence electrons. The SMILES string of the molecule is CC(C)(C)c1cc(-c2ccc(N(c3ccc(-c4ccccc4)cc3)c3ccc(-c4ccccc4)cc3)cc2)c2c(c1)C(C)(C)c1cc(C(C)(C)C)cc(-c3ccc(-n4c5ccccc5c5ccccc54)cc3)c1O2. The minimum Gasteiger partial charge on any atom is -0.455 e. The number of fused-ring (bicyclic) bond motifs is 5. The lowest BCUT2D eigenvalue weighted by molar-refractivity contribution is 0.418. The van der Waals surface area contributed by atoms with Crippen molar-refractivity contribution in [1.29, 1.82) is 0 Å². The molecule has 74 heavy (non-hydrogen) atoms. The van der Waals surface area contributed by atoms with Crippen molar-refractivity contribution in [2.24, 2.45) is 0 Å². The zero-order valence-corrected chi connectivity index (χ0v) is 43.7. The molecule has 0 atom stereocenters. The van der Waals surface area contributed by atoms with Gasteiger partial charge < -0.3 is 14.2 Å². The van der Waals surface area contributed by atoms with E-state index in [0.29, 0.717) is 0 Å². The maximum Gasteiger partial charge on any atom is 0.139 e. The highest BCUT2D eigenvalue weighted by Gasteiger charge is 2.39. The molecule has 11 aromatic rings. The van der Waals surface area contributed by atoms with Gasteiger partial charge in [0.25, 0.3) is 0 Å². The first-order valence-electron chi connectivity index (χ1n) is 26.1. The molecule has 0 spiro atoms. The van der Waals surface area contributed by atoms with Crippen LogP contribution in [0.3, 0.4) is 0 Å². The van der Waals surface area contributed by atoms with Gasteiger partial charge in [-0.2, -0.15) is 0 Å². The second-order valence-corrected chi connectivity index (χ2v) is 22.7. The van der Waals surface area contributed by atoms with Crippen LogP contribution in [0, 0.1) is 0 Å². The summed E-state index contributed by atoms with van der Waals surface area (Å²) in [7, 11) is 0. The summed E-state index contributed by atoms with van der Waals surface area (Å²) in [5, 5.41) is 2.52. The van der Waals surface area contributed by atoms with Crippen molar-refractivity contribution < 1.29 is 4.74 Å². The lowest BCUT2D eigenvalue weighted by Crippen LogP contribution is -2.27. The number of rotatable bonds is 8. The summed E-state index contributed by atoms with van der Waals surface area (Å²) in [6.07, 6.45) is 0. The summed E-state index contributed by atoms with van der Waals surface area (Å²) in [5.74, 6) is 1.84. The van der Waals surface area contributed by atoms with Crippen molar-refractivity contribution in [2.75, 3.05) is 4.90 Å². The fourth-order valence-corrected chi connectivity index (χ4v) is 11.0. The van der Waals surface area contributed by atoms with E-state index in [1.807, 2.05) is 0 Å². The van der Waals surface area contributed by atoms with Crippen molar-refractivity contribution in [3.8, 4) is 61.7 Å². The number of anilines is 3. The minimum absolute atomic E-state index is 0.0923. The van der Waals surface area contributed by atoms with Crippen molar-refractivity contribution in [3.63, 3.8) is 0 Å². The van der Waals surface area contributed by atoms with Crippen molar-refractivity contribution in [1.82, 2.24) is 4.57 Å². The Kier molecular flexibility index (Phi) is 11.3. The van der Waals surface area contributed by atoms with Crippen LogP contribution in [0.25, 0.3) is 72.0 Å². The normalized spacial score (nSPS) is 13.1. The summed E-state index contributed by atoms with van der Waals surface area (Å²) >= 11 is 0. The van der Waals surface area contributed by atoms with Crippen LogP contribution < -0.4 is 9.64 Å². The first kappa shape index (κ1) is 46.7. The minimum atomic E-state index is -0.383. The Bertz CT molecular complexity index is 3710. The van der Waals surface area contributed by atoms with Gasteiger partial charge in [0.15, 0.2) is 0 Å². The number of ether oxygens (including phenoxy) is 1. The van der Waals surface area contributed by atoms with Crippen molar-refractivity contribution >= 4 is 38.9 Å². The average Bonchev–Trinajstić information content (AvgIpc) is 3.76. The fourth-order valence-electron chi connectivity index (χ4n) is 11.0. The van der Waals surface area contributed by atoms with E-state index in [9.17, 15) is 0 Å². The molecular weight excluding hydrogens is 897 g/mol. The standard InChI is InChI=1S/C71H62N2O/c1-69(2,3)53-43-61(51-31-39-57(40-32-51)72(55-35-27-49(28-36-55)47-19-11-9-12-20-47)56-37-29-50(30-38-56)48-21-13-10-14-22-48)67-63(45-53)71(7,8)64-46-54(70(4,5)6)44-62(68(64)74-67)52-33-41-58(42-34-52)73-65-25-17-15-23-59(65)60-24-16-18-26-66(60)73/h9-46H,1-8H3. The second-order valence-electron chi connectivity index (χ2n) is 22.7. The molecule has 0 amide bonds. The van der Waals surface area contributed by atoms with E-state index in [4.69, 9.17) is 4.74 Å². The predicted octanol–water partition coefficient (Wildman–Crippen LogP) is 19.9. The van der Waals surface area contributed by atoms with Crippen LogP contribution in [-0.2, 0) is 16.2 Å². The molecule has 1 aliphatic rings. The maximum absolute atomic E-state index is 7.53. The molecule has 0 fully saturated rings. The molecular formula is C71H62N2O. The van der Waals surface area contributed by atoms with E-state index in [1.165, 1.54) is 66.3 Å². The van der Waals surface area contributed by atoms with E-state index in [-0.39, 0.29) is 16.2 Å². The lowest BCUT2D eigenvalue weighted by atomic mass is 9.70. The molecule has 2 heterocycles. The topological polar surface area (TPSA) is 17.4 Å². The monoisotopic (exact) mass is 958 g/mol.